The van der Waals surface area contributed by atoms with Crippen LogP contribution in [0.25, 0.3) is 0 Å². The van der Waals surface area contributed by atoms with Gasteiger partial charge in [-0.2, -0.15) is 0 Å². The second-order valence-corrected chi connectivity index (χ2v) is 6.11. The van der Waals surface area contributed by atoms with Gasteiger partial charge < -0.3 is 5.32 Å². The summed E-state index contributed by atoms with van der Waals surface area (Å²) in [6.07, 6.45) is 3.82. The van der Waals surface area contributed by atoms with Crippen molar-refractivity contribution < 1.29 is 4.39 Å². The number of nitrogens with one attached hydrogen (secondary N) is 1. The first-order chi connectivity index (χ1) is 9.24. The molecule has 4 heteroatoms. The van der Waals surface area contributed by atoms with Gasteiger partial charge in [-0.1, -0.05) is 23.7 Å². The number of rotatable bonds is 3. The van der Waals surface area contributed by atoms with Gasteiger partial charge in [-0.15, -0.1) is 0 Å². The average Bonchev–Trinajstić information content (AvgIpc) is 3.21. The molecule has 2 fully saturated rings. The van der Waals surface area contributed by atoms with Crippen LogP contribution in [0.2, 0.25) is 5.02 Å². The minimum atomic E-state index is -0.260. The van der Waals surface area contributed by atoms with E-state index >= 15 is 0 Å². The third-order valence-electron chi connectivity index (χ3n) is 4.13. The van der Waals surface area contributed by atoms with E-state index in [1.54, 1.807) is 6.07 Å². The molecule has 0 spiro atoms. The van der Waals surface area contributed by atoms with E-state index in [-0.39, 0.29) is 10.8 Å². The molecule has 2 nitrogen and oxygen atoms in total. The second kappa shape index (κ2) is 5.78. The molecule has 1 aliphatic carbocycles. The van der Waals surface area contributed by atoms with Gasteiger partial charge in [0.15, 0.2) is 0 Å². The number of benzene rings is 1. The fraction of sp³-hybridized carbons (Fsp3) is 0.600. The van der Waals surface area contributed by atoms with E-state index in [1.165, 1.54) is 12.8 Å². The fourth-order valence-electron chi connectivity index (χ4n) is 2.89. The molecule has 1 saturated carbocycles. The molecular formula is C15H20ClFN2. The van der Waals surface area contributed by atoms with Crippen LogP contribution < -0.4 is 5.32 Å². The number of hydrogen-bond acceptors (Lipinski definition) is 2. The number of nitrogens with zero attached hydrogens (tertiary/aromatic N) is 1. The summed E-state index contributed by atoms with van der Waals surface area (Å²) < 4.78 is 14.0. The van der Waals surface area contributed by atoms with Crippen molar-refractivity contribution in [1.29, 1.82) is 0 Å². The van der Waals surface area contributed by atoms with Crippen LogP contribution in [0.5, 0.6) is 0 Å². The van der Waals surface area contributed by atoms with Gasteiger partial charge in [-0.3, -0.25) is 4.90 Å². The molecule has 1 unspecified atom stereocenters. The number of halogens is 2. The first kappa shape index (κ1) is 13.3. The minimum absolute atomic E-state index is 0.226. The lowest BCUT2D eigenvalue weighted by Crippen LogP contribution is -2.39. The minimum Gasteiger partial charge on any atom is -0.312 e. The summed E-state index contributed by atoms with van der Waals surface area (Å²) in [5.74, 6) is 0.578. The van der Waals surface area contributed by atoms with Crippen LogP contribution in [0, 0.1) is 11.7 Å². The quantitative estimate of drug-likeness (QED) is 0.917. The van der Waals surface area contributed by atoms with Crippen molar-refractivity contribution in [3.63, 3.8) is 0 Å². The maximum atomic E-state index is 14.0. The molecule has 1 aliphatic heterocycles. The lowest BCUT2D eigenvalue weighted by atomic mass is 10.1. The van der Waals surface area contributed by atoms with E-state index < -0.39 is 0 Å². The molecule has 1 N–H and O–H groups in total. The van der Waals surface area contributed by atoms with Gasteiger partial charge in [0, 0.05) is 24.7 Å². The van der Waals surface area contributed by atoms with Crippen LogP contribution in [0.3, 0.4) is 0 Å². The zero-order chi connectivity index (χ0) is 13.2. The SMILES string of the molecule is Fc1c(Cl)cccc1CN1CCCNC(C2CC2)C1. The Morgan fingerprint density at radius 3 is 3.00 bits per heavy atom. The first-order valence-electron chi connectivity index (χ1n) is 7.12. The van der Waals surface area contributed by atoms with Gasteiger partial charge in [0.25, 0.3) is 0 Å². The Morgan fingerprint density at radius 2 is 2.21 bits per heavy atom. The Kier molecular flexibility index (Phi) is 4.06. The normalized spacial score (nSPS) is 25.3. The van der Waals surface area contributed by atoms with E-state index in [1.807, 2.05) is 12.1 Å². The van der Waals surface area contributed by atoms with Gasteiger partial charge in [-0.25, -0.2) is 4.39 Å². The molecule has 1 aromatic carbocycles. The van der Waals surface area contributed by atoms with Gasteiger partial charge in [0.2, 0.25) is 0 Å². The van der Waals surface area contributed by atoms with E-state index in [4.69, 9.17) is 11.6 Å². The maximum absolute atomic E-state index is 14.0. The summed E-state index contributed by atoms with van der Waals surface area (Å²) in [4.78, 5) is 2.36. The predicted molar refractivity (Wildman–Crippen MR) is 75.8 cm³/mol. The first-order valence-corrected chi connectivity index (χ1v) is 7.50. The van der Waals surface area contributed by atoms with E-state index in [2.05, 4.69) is 10.2 Å². The van der Waals surface area contributed by atoms with Gasteiger partial charge >= 0.3 is 0 Å². The summed E-state index contributed by atoms with van der Waals surface area (Å²) in [5.41, 5.74) is 0.712. The lowest BCUT2D eigenvalue weighted by Gasteiger charge is -2.24. The highest BCUT2D eigenvalue weighted by molar-refractivity contribution is 6.30. The zero-order valence-electron chi connectivity index (χ0n) is 11.0. The zero-order valence-corrected chi connectivity index (χ0v) is 11.8. The molecule has 1 heterocycles. The standard InChI is InChI=1S/C15H20ClFN2/c16-13-4-1-3-12(15(13)17)9-19-8-2-7-18-14(10-19)11-5-6-11/h1,3-4,11,14,18H,2,5-10H2. The van der Waals surface area contributed by atoms with Crippen molar-refractivity contribution in [1.82, 2.24) is 10.2 Å². The highest BCUT2D eigenvalue weighted by Crippen LogP contribution is 2.33. The van der Waals surface area contributed by atoms with Crippen molar-refractivity contribution in [3.8, 4) is 0 Å². The summed E-state index contributed by atoms with van der Waals surface area (Å²) >= 11 is 5.85. The topological polar surface area (TPSA) is 15.3 Å². The van der Waals surface area contributed by atoms with Crippen LogP contribution in [-0.4, -0.2) is 30.6 Å². The summed E-state index contributed by atoms with van der Waals surface area (Å²) in [6.45, 7) is 3.80. The molecule has 1 aromatic rings. The summed E-state index contributed by atoms with van der Waals surface area (Å²) in [5, 5.41) is 3.85. The lowest BCUT2D eigenvalue weighted by molar-refractivity contribution is 0.247. The highest BCUT2D eigenvalue weighted by Gasteiger charge is 2.33. The highest BCUT2D eigenvalue weighted by atomic mass is 35.5. The molecular weight excluding hydrogens is 263 g/mol. The molecule has 2 aliphatic rings. The number of hydrogen-bond donors (Lipinski definition) is 1. The van der Waals surface area contributed by atoms with E-state index in [9.17, 15) is 4.39 Å². The molecule has 1 saturated heterocycles. The molecule has 0 bridgehead atoms. The monoisotopic (exact) mass is 282 g/mol. The molecule has 3 rings (SSSR count). The van der Waals surface area contributed by atoms with Crippen molar-refractivity contribution in [2.75, 3.05) is 19.6 Å². The van der Waals surface area contributed by atoms with Crippen molar-refractivity contribution in [3.05, 3.63) is 34.6 Å². The molecule has 19 heavy (non-hydrogen) atoms. The maximum Gasteiger partial charge on any atom is 0.146 e. The van der Waals surface area contributed by atoms with Gasteiger partial charge in [-0.05, 0) is 44.3 Å². The van der Waals surface area contributed by atoms with Crippen molar-refractivity contribution in [2.24, 2.45) is 5.92 Å². The fourth-order valence-corrected chi connectivity index (χ4v) is 3.09. The summed E-state index contributed by atoms with van der Waals surface area (Å²) in [7, 11) is 0. The predicted octanol–water partition coefficient (Wildman–Crippen LogP) is 3.05. The van der Waals surface area contributed by atoms with Gasteiger partial charge in [0.05, 0.1) is 5.02 Å². The van der Waals surface area contributed by atoms with E-state index in [0.29, 0.717) is 18.2 Å². The second-order valence-electron chi connectivity index (χ2n) is 5.70. The Balaban J connectivity index is 1.68. The Labute approximate surface area is 118 Å². The average molecular weight is 283 g/mol. The van der Waals surface area contributed by atoms with Crippen LogP contribution in [0.4, 0.5) is 4.39 Å². The van der Waals surface area contributed by atoms with Crippen molar-refractivity contribution in [2.45, 2.75) is 31.8 Å². The van der Waals surface area contributed by atoms with Crippen molar-refractivity contribution >= 4 is 11.6 Å². The third-order valence-corrected chi connectivity index (χ3v) is 4.42. The molecule has 0 aromatic heterocycles. The molecule has 1 atom stereocenters. The molecule has 0 amide bonds. The van der Waals surface area contributed by atoms with E-state index in [0.717, 1.165) is 32.0 Å². The largest absolute Gasteiger partial charge is 0.312 e. The Bertz CT molecular complexity index is 448. The Hall–Kier alpha value is -0.640. The van der Waals surface area contributed by atoms with Crippen LogP contribution in [-0.2, 0) is 6.54 Å². The van der Waals surface area contributed by atoms with Crippen LogP contribution in [0.15, 0.2) is 18.2 Å². The van der Waals surface area contributed by atoms with Crippen LogP contribution >= 0.6 is 11.6 Å². The molecule has 0 radical (unpaired) electrons. The smallest absolute Gasteiger partial charge is 0.146 e. The van der Waals surface area contributed by atoms with Crippen LogP contribution in [0.1, 0.15) is 24.8 Å². The van der Waals surface area contributed by atoms with Gasteiger partial charge in [0.1, 0.15) is 5.82 Å². The third kappa shape index (κ3) is 3.28. The summed E-state index contributed by atoms with van der Waals surface area (Å²) in [6, 6.07) is 5.86. The Morgan fingerprint density at radius 1 is 1.37 bits per heavy atom. The molecule has 104 valence electrons.